The average Bonchev–Trinajstić information content (AvgIpc) is 3.11. The zero-order valence-electron chi connectivity index (χ0n) is 16.6. The summed E-state index contributed by atoms with van der Waals surface area (Å²) in [5.74, 6) is 1.84. The molecule has 4 rings (SSSR count). The number of hydrogen-bond acceptors (Lipinski definition) is 4. The third-order valence-corrected chi connectivity index (χ3v) is 5.25. The van der Waals surface area contributed by atoms with Crippen LogP contribution in [0.5, 0.6) is 0 Å². The first-order valence-corrected chi connectivity index (χ1v) is 9.79. The van der Waals surface area contributed by atoms with Gasteiger partial charge in [-0.15, -0.1) is 0 Å². The van der Waals surface area contributed by atoms with E-state index < -0.39 is 0 Å². The molecule has 28 heavy (non-hydrogen) atoms. The number of urea groups is 1. The van der Waals surface area contributed by atoms with Crippen molar-refractivity contribution in [1.29, 1.82) is 0 Å². The van der Waals surface area contributed by atoms with Crippen molar-refractivity contribution in [1.82, 2.24) is 30.2 Å². The molecular formula is C21H26N6O. The van der Waals surface area contributed by atoms with Gasteiger partial charge in [0.25, 0.3) is 0 Å². The lowest BCUT2D eigenvalue weighted by Crippen LogP contribution is -2.45. The average molecular weight is 378 g/mol. The smallest absolute Gasteiger partial charge is 0.317 e. The van der Waals surface area contributed by atoms with Crippen LogP contribution in [0.25, 0.3) is 11.0 Å². The molecule has 3 aromatic rings. The molecule has 7 nitrogen and oxygen atoms in total. The number of amides is 2. The Morgan fingerprint density at radius 1 is 1.21 bits per heavy atom. The monoisotopic (exact) mass is 378 g/mol. The number of rotatable bonds is 3. The molecule has 146 valence electrons. The molecule has 1 atom stereocenters. The van der Waals surface area contributed by atoms with E-state index in [0.717, 1.165) is 47.6 Å². The summed E-state index contributed by atoms with van der Waals surface area (Å²) < 4.78 is 0. The number of hydrogen-bond donors (Lipinski definition) is 2. The van der Waals surface area contributed by atoms with Gasteiger partial charge in [-0.2, -0.15) is 0 Å². The number of piperidine rings is 1. The minimum Gasteiger partial charge on any atom is -0.342 e. The highest BCUT2D eigenvalue weighted by molar-refractivity contribution is 5.78. The number of nitrogens with zero attached hydrogens (tertiary/aromatic N) is 4. The highest BCUT2D eigenvalue weighted by Gasteiger charge is 2.27. The molecule has 3 heterocycles. The molecule has 0 saturated carbocycles. The third kappa shape index (κ3) is 3.83. The van der Waals surface area contributed by atoms with Gasteiger partial charge < -0.3 is 15.2 Å². The van der Waals surface area contributed by atoms with Crippen molar-refractivity contribution in [3.63, 3.8) is 0 Å². The van der Waals surface area contributed by atoms with Gasteiger partial charge in [0.05, 0.1) is 17.6 Å². The Morgan fingerprint density at radius 3 is 2.75 bits per heavy atom. The van der Waals surface area contributed by atoms with Gasteiger partial charge >= 0.3 is 6.03 Å². The first-order valence-electron chi connectivity index (χ1n) is 9.79. The van der Waals surface area contributed by atoms with Crippen molar-refractivity contribution in [2.75, 3.05) is 13.1 Å². The van der Waals surface area contributed by atoms with Crippen molar-refractivity contribution in [3.8, 4) is 0 Å². The quantitative estimate of drug-likeness (QED) is 0.732. The molecule has 7 heteroatoms. The maximum Gasteiger partial charge on any atom is 0.317 e. The van der Waals surface area contributed by atoms with E-state index >= 15 is 0 Å². The molecule has 1 aliphatic rings. The Morgan fingerprint density at radius 2 is 2.00 bits per heavy atom. The van der Waals surface area contributed by atoms with Gasteiger partial charge in [-0.05, 0) is 51.3 Å². The van der Waals surface area contributed by atoms with Crippen LogP contribution in [0.4, 0.5) is 4.79 Å². The van der Waals surface area contributed by atoms with Crippen molar-refractivity contribution in [2.24, 2.45) is 0 Å². The second-order valence-corrected chi connectivity index (χ2v) is 7.60. The van der Waals surface area contributed by atoms with Crippen molar-refractivity contribution in [3.05, 3.63) is 52.9 Å². The van der Waals surface area contributed by atoms with E-state index in [2.05, 4.69) is 39.3 Å². The number of carbonyl (C=O) groups is 1. The summed E-state index contributed by atoms with van der Waals surface area (Å²) in [7, 11) is 0. The number of imidazole rings is 1. The maximum atomic E-state index is 12.7. The zero-order valence-corrected chi connectivity index (χ0v) is 16.6. The fourth-order valence-electron chi connectivity index (χ4n) is 3.92. The van der Waals surface area contributed by atoms with E-state index in [0.29, 0.717) is 18.9 Å². The SMILES string of the molecule is Cc1cc(C)nc(CNC(=O)N2CCCC(c3nc4c(C)cccc4[nH]3)C2)n1. The van der Waals surface area contributed by atoms with Crippen LogP contribution in [0.2, 0.25) is 0 Å². The minimum absolute atomic E-state index is 0.0697. The Kier molecular flexibility index (Phi) is 4.98. The second-order valence-electron chi connectivity index (χ2n) is 7.60. The lowest BCUT2D eigenvalue weighted by molar-refractivity contribution is 0.178. The standard InChI is InChI=1S/C21H26N6O/c1-13-6-4-8-17-19(13)26-20(25-17)16-7-5-9-27(12-16)21(28)22-11-18-23-14(2)10-15(3)24-18/h4,6,8,10,16H,5,7,9,11-12H2,1-3H3,(H,22,28)(H,25,26). The van der Waals surface area contributed by atoms with E-state index in [1.165, 1.54) is 5.56 Å². The summed E-state index contributed by atoms with van der Waals surface area (Å²) in [5, 5.41) is 2.96. The first-order chi connectivity index (χ1) is 13.5. The number of para-hydroxylation sites is 1. The lowest BCUT2D eigenvalue weighted by atomic mass is 9.97. The van der Waals surface area contributed by atoms with Crippen molar-refractivity contribution >= 4 is 17.1 Å². The number of likely N-dealkylation sites (tertiary alicyclic amines) is 1. The Labute approximate surface area is 164 Å². The molecular weight excluding hydrogens is 352 g/mol. The van der Waals surface area contributed by atoms with Crippen LogP contribution in [0, 0.1) is 20.8 Å². The van der Waals surface area contributed by atoms with E-state index in [4.69, 9.17) is 4.98 Å². The van der Waals surface area contributed by atoms with Gasteiger partial charge in [-0.3, -0.25) is 0 Å². The zero-order chi connectivity index (χ0) is 19.7. The number of carbonyl (C=O) groups excluding carboxylic acids is 1. The van der Waals surface area contributed by atoms with E-state index in [-0.39, 0.29) is 11.9 Å². The number of benzene rings is 1. The number of nitrogens with one attached hydrogen (secondary N) is 2. The molecule has 2 amide bonds. The molecule has 0 aliphatic carbocycles. The van der Waals surface area contributed by atoms with E-state index in [1.54, 1.807) is 0 Å². The minimum atomic E-state index is -0.0697. The summed E-state index contributed by atoms with van der Waals surface area (Å²) in [6, 6.07) is 8.02. The number of aromatic nitrogens is 4. The number of H-pyrrole nitrogens is 1. The summed E-state index contributed by atoms with van der Waals surface area (Å²) in [6.07, 6.45) is 2.00. The molecule has 1 aliphatic heterocycles. The lowest BCUT2D eigenvalue weighted by Gasteiger charge is -2.31. The Bertz CT molecular complexity index is 991. The predicted octanol–water partition coefficient (Wildman–Crippen LogP) is 3.37. The van der Waals surface area contributed by atoms with Crippen LogP contribution in [0.1, 0.15) is 47.4 Å². The normalized spacial score (nSPS) is 17.1. The number of aromatic amines is 1. The van der Waals surface area contributed by atoms with Gasteiger partial charge in [-0.25, -0.2) is 19.7 Å². The molecule has 0 spiro atoms. The molecule has 1 fully saturated rings. The van der Waals surface area contributed by atoms with Gasteiger partial charge in [0.1, 0.15) is 11.6 Å². The van der Waals surface area contributed by atoms with Crippen LogP contribution < -0.4 is 5.32 Å². The fourth-order valence-corrected chi connectivity index (χ4v) is 3.92. The van der Waals surface area contributed by atoms with Crippen LogP contribution in [-0.4, -0.2) is 44.0 Å². The van der Waals surface area contributed by atoms with Gasteiger partial charge in [-0.1, -0.05) is 12.1 Å². The van der Waals surface area contributed by atoms with Crippen molar-refractivity contribution in [2.45, 2.75) is 46.1 Å². The maximum absolute atomic E-state index is 12.7. The molecule has 2 aromatic heterocycles. The van der Waals surface area contributed by atoms with Crippen LogP contribution in [0.15, 0.2) is 24.3 Å². The highest BCUT2D eigenvalue weighted by atomic mass is 16.2. The fraction of sp³-hybridized carbons (Fsp3) is 0.429. The molecule has 1 saturated heterocycles. The topological polar surface area (TPSA) is 86.8 Å². The second kappa shape index (κ2) is 7.58. The molecule has 1 aromatic carbocycles. The molecule has 0 bridgehead atoms. The summed E-state index contributed by atoms with van der Waals surface area (Å²) >= 11 is 0. The van der Waals surface area contributed by atoms with Crippen LogP contribution in [-0.2, 0) is 6.54 Å². The van der Waals surface area contributed by atoms with E-state index in [1.807, 2.05) is 30.9 Å². The van der Waals surface area contributed by atoms with Gasteiger partial charge in [0.15, 0.2) is 0 Å². The molecule has 0 radical (unpaired) electrons. The van der Waals surface area contributed by atoms with E-state index in [9.17, 15) is 4.79 Å². The first kappa shape index (κ1) is 18.4. The summed E-state index contributed by atoms with van der Waals surface area (Å²) in [5.41, 5.74) is 5.07. The van der Waals surface area contributed by atoms with Gasteiger partial charge in [0.2, 0.25) is 0 Å². The number of fused-ring (bicyclic) bond motifs is 1. The summed E-state index contributed by atoms with van der Waals surface area (Å²) in [6.45, 7) is 7.71. The number of aryl methyl sites for hydroxylation is 3. The molecule has 2 N–H and O–H groups in total. The highest BCUT2D eigenvalue weighted by Crippen LogP contribution is 2.27. The largest absolute Gasteiger partial charge is 0.342 e. The van der Waals surface area contributed by atoms with Crippen LogP contribution in [0.3, 0.4) is 0 Å². The third-order valence-electron chi connectivity index (χ3n) is 5.25. The van der Waals surface area contributed by atoms with Gasteiger partial charge in [0, 0.05) is 30.4 Å². The predicted molar refractivity (Wildman–Crippen MR) is 108 cm³/mol. The Hall–Kier alpha value is -2.96. The van der Waals surface area contributed by atoms with Crippen LogP contribution >= 0.6 is 0 Å². The Balaban J connectivity index is 1.42. The van der Waals surface area contributed by atoms with Crippen molar-refractivity contribution < 1.29 is 4.79 Å². The molecule has 1 unspecified atom stereocenters. The summed E-state index contributed by atoms with van der Waals surface area (Å²) in [4.78, 5) is 31.6.